The molecule has 0 unspecified atom stereocenters. The molecule has 0 saturated heterocycles. The van der Waals surface area contributed by atoms with Crippen molar-refractivity contribution >= 4 is 17.3 Å². The summed E-state index contributed by atoms with van der Waals surface area (Å²) < 4.78 is 42.1. The van der Waals surface area contributed by atoms with Gasteiger partial charge in [-0.25, -0.2) is 0 Å². The summed E-state index contributed by atoms with van der Waals surface area (Å²) in [6.07, 6.45) is -4.50. The maximum absolute atomic E-state index is 12.4. The molecule has 2 nitrogen and oxygen atoms in total. The highest BCUT2D eigenvalue weighted by atomic mass is 35.5. The largest absolute Gasteiger partial charge is 0.492 e. The van der Waals surface area contributed by atoms with Gasteiger partial charge in [0.15, 0.2) is 0 Å². The number of anilines is 1. The number of alkyl halides is 3. The minimum Gasteiger partial charge on any atom is -0.492 e. The molecule has 84 valence electrons. The topological polar surface area (TPSA) is 35.2 Å². The van der Waals surface area contributed by atoms with Crippen LogP contribution in [0.4, 0.5) is 18.9 Å². The highest BCUT2D eigenvalue weighted by Gasteiger charge is 2.34. The van der Waals surface area contributed by atoms with Crippen LogP contribution in [0.1, 0.15) is 12.5 Å². The second-order valence-corrected chi connectivity index (χ2v) is 3.15. The van der Waals surface area contributed by atoms with Gasteiger partial charge in [-0.3, -0.25) is 0 Å². The van der Waals surface area contributed by atoms with Crippen molar-refractivity contribution in [2.45, 2.75) is 13.1 Å². The second kappa shape index (κ2) is 4.18. The smallest absolute Gasteiger partial charge is 0.417 e. The summed E-state index contributed by atoms with van der Waals surface area (Å²) in [6, 6.07) is 2.01. The van der Waals surface area contributed by atoms with Gasteiger partial charge >= 0.3 is 6.18 Å². The molecular formula is C9H9ClF3NO. The normalized spacial score (nSPS) is 11.5. The monoisotopic (exact) mass is 239 g/mol. The Morgan fingerprint density at radius 3 is 2.47 bits per heavy atom. The molecule has 0 amide bonds. The lowest BCUT2D eigenvalue weighted by Gasteiger charge is -2.13. The Hall–Kier alpha value is -1.10. The van der Waals surface area contributed by atoms with Gasteiger partial charge in [-0.1, -0.05) is 11.6 Å². The fraction of sp³-hybridized carbons (Fsp3) is 0.333. The summed E-state index contributed by atoms with van der Waals surface area (Å²) in [5, 5.41) is -0.520. The molecule has 0 bridgehead atoms. The number of nitrogen functional groups attached to an aromatic ring is 1. The van der Waals surface area contributed by atoms with Gasteiger partial charge in [-0.2, -0.15) is 13.2 Å². The van der Waals surface area contributed by atoms with Crippen LogP contribution in [0.25, 0.3) is 0 Å². The van der Waals surface area contributed by atoms with Crippen LogP contribution in [0, 0.1) is 0 Å². The van der Waals surface area contributed by atoms with Crippen LogP contribution in [0.2, 0.25) is 5.02 Å². The molecule has 2 N–H and O–H groups in total. The number of halogens is 4. The van der Waals surface area contributed by atoms with Gasteiger partial charge < -0.3 is 10.5 Å². The Labute approximate surface area is 89.8 Å². The predicted molar refractivity (Wildman–Crippen MR) is 52.0 cm³/mol. The van der Waals surface area contributed by atoms with Crippen molar-refractivity contribution in [1.82, 2.24) is 0 Å². The summed E-state index contributed by atoms with van der Waals surface area (Å²) in [4.78, 5) is 0. The molecule has 0 atom stereocenters. The minimum atomic E-state index is -4.50. The first-order valence-corrected chi connectivity index (χ1v) is 4.53. The van der Waals surface area contributed by atoms with Crippen molar-refractivity contribution in [3.63, 3.8) is 0 Å². The highest BCUT2D eigenvalue weighted by molar-refractivity contribution is 6.34. The summed E-state index contributed by atoms with van der Waals surface area (Å²) >= 11 is 5.49. The molecule has 0 radical (unpaired) electrons. The third kappa shape index (κ3) is 2.47. The van der Waals surface area contributed by atoms with Gasteiger partial charge in [0, 0.05) is 0 Å². The van der Waals surface area contributed by atoms with Crippen molar-refractivity contribution in [3.8, 4) is 5.75 Å². The van der Waals surface area contributed by atoms with Crippen molar-refractivity contribution < 1.29 is 17.9 Å². The number of hydrogen-bond acceptors (Lipinski definition) is 2. The molecule has 15 heavy (non-hydrogen) atoms. The highest BCUT2D eigenvalue weighted by Crippen LogP contribution is 2.40. The van der Waals surface area contributed by atoms with E-state index in [1.165, 1.54) is 0 Å². The number of benzene rings is 1. The van der Waals surface area contributed by atoms with E-state index >= 15 is 0 Å². The average Bonchev–Trinajstić information content (AvgIpc) is 2.11. The molecule has 0 aliphatic rings. The fourth-order valence-corrected chi connectivity index (χ4v) is 1.34. The number of hydrogen-bond donors (Lipinski definition) is 1. The molecule has 0 saturated carbocycles. The SMILES string of the molecule is CCOc1ccc(C(F)(F)F)c(Cl)c1N. The Bertz CT molecular complexity index is 365. The molecule has 0 fully saturated rings. The molecular weight excluding hydrogens is 231 g/mol. The van der Waals surface area contributed by atoms with Crippen molar-refractivity contribution in [2.75, 3.05) is 12.3 Å². The third-order valence-electron chi connectivity index (χ3n) is 1.75. The lowest BCUT2D eigenvalue weighted by atomic mass is 10.2. The first-order chi connectivity index (χ1) is 6.88. The van der Waals surface area contributed by atoms with Crippen LogP contribution in [-0.2, 0) is 6.18 Å². The molecule has 0 aromatic heterocycles. The maximum Gasteiger partial charge on any atom is 0.417 e. The van der Waals surface area contributed by atoms with Crippen LogP contribution in [0.5, 0.6) is 5.75 Å². The molecule has 0 aliphatic heterocycles. The van der Waals surface area contributed by atoms with Gasteiger partial charge in [0.25, 0.3) is 0 Å². The zero-order valence-corrected chi connectivity index (χ0v) is 8.62. The number of rotatable bonds is 2. The van der Waals surface area contributed by atoms with Crippen LogP contribution in [0.15, 0.2) is 12.1 Å². The van der Waals surface area contributed by atoms with Crippen molar-refractivity contribution in [3.05, 3.63) is 22.7 Å². The summed E-state index contributed by atoms with van der Waals surface area (Å²) in [5.41, 5.74) is 4.27. The van der Waals surface area contributed by atoms with Crippen LogP contribution in [0.3, 0.4) is 0 Å². The van der Waals surface area contributed by atoms with E-state index in [-0.39, 0.29) is 11.4 Å². The van der Waals surface area contributed by atoms with Crippen LogP contribution in [-0.4, -0.2) is 6.61 Å². The van der Waals surface area contributed by atoms with Crippen molar-refractivity contribution in [1.29, 1.82) is 0 Å². The zero-order chi connectivity index (χ0) is 11.6. The van der Waals surface area contributed by atoms with Gasteiger partial charge in [-0.15, -0.1) is 0 Å². The summed E-state index contributed by atoms with van der Waals surface area (Å²) in [6.45, 7) is 2.01. The van der Waals surface area contributed by atoms with E-state index in [2.05, 4.69) is 0 Å². The van der Waals surface area contributed by atoms with Gasteiger partial charge in [-0.05, 0) is 19.1 Å². The molecule has 0 heterocycles. The molecule has 1 rings (SSSR count). The molecule has 1 aromatic carbocycles. The number of nitrogens with two attached hydrogens (primary N) is 1. The summed E-state index contributed by atoms with van der Waals surface area (Å²) in [5.74, 6) is 0.163. The van der Waals surface area contributed by atoms with E-state index in [0.717, 1.165) is 12.1 Å². The molecule has 0 aliphatic carbocycles. The van der Waals surface area contributed by atoms with Crippen LogP contribution < -0.4 is 10.5 Å². The molecule has 1 aromatic rings. The fourth-order valence-electron chi connectivity index (χ4n) is 1.08. The van der Waals surface area contributed by atoms with E-state index < -0.39 is 16.8 Å². The van der Waals surface area contributed by atoms with Crippen molar-refractivity contribution in [2.24, 2.45) is 0 Å². The maximum atomic E-state index is 12.4. The van der Waals surface area contributed by atoms with E-state index in [1.807, 2.05) is 0 Å². The number of ether oxygens (including phenoxy) is 1. The first-order valence-electron chi connectivity index (χ1n) is 4.16. The molecule has 0 spiro atoms. The van der Waals surface area contributed by atoms with E-state index in [1.54, 1.807) is 6.92 Å². The lowest BCUT2D eigenvalue weighted by molar-refractivity contribution is -0.137. The Morgan fingerprint density at radius 2 is 2.00 bits per heavy atom. The standard InChI is InChI=1S/C9H9ClF3NO/c1-2-15-6-4-3-5(9(11,12)13)7(10)8(6)14/h3-4H,2,14H2,1H3. The molecule has 6 heteroatoms. The Balaban J connectivity index is 3.21. The quantitative estimate of drug-likeness (QED) is 0.804. The Morgan fingerprint density at radius 1 is 1.40 bits per heavy atom. The van der Waals surface area contributed by atoms with Gasteiger partial charge in [0.1, 0.15) is 5.75 Å². The third-order valence-corrected chi connectivity index (χ3v) is 2.15. The first kappa shape index (κ1) is 12.0. The summed E-state index contributed by atoms with van der Waals surface area (Å²) in [7, 11) is 0. The lowest BCUT2D eigenvalue weighted by Crippen LogP contribution is -2.08. The van der Waals surface area contributed by atoms with Crippen LogP contribution >= 0.6 is 11.6 Å². The van der Waals surface area contributed by atoms with E-state index in [9.17, 15) is 13.2 Å². The Kier molecular flexibility index (Phi) is 3.34. The second-order valence-electron chi connectivity index (χ2n) is 2.77. The van der Waals surface area contributed by atoms with Gasteiger partial charge in [0.05, 0.1) is 22.9 Å². The predicted octanol–water partition coefficient (Wildman–Crippen LogP) is 3.34. The van der Waals surface area contributed by atoms with E-state index in [0.29, 0.717) is 6.61 Å². The minimum absolute atomic E-state index is 0.163. The van der Waals surface area contributed by atoms with E-state index in [4.69, 9.17) is 22.1 Å². The average molecular weight is 240 g/mol. The zero-order valence-electron chi connectivity index (χ0n) is 7.86. The van der Waals surface area contributed by atoms with Gasteiger partial charge in [0.2, 0.25) is 0 Å².